The number of piperazine rings is 1. The van der Waals surface area contributed by atoms with Crippen LogP contribution in [0.4, 0.5) is 0 Å². The lowest BCUT2D eigenvalue weighted by atomic mass is 10.1. The van der Waals surface area contributed by atoms with Crippen LogP contribution < -0.4 is 0 Å². The van der Waals surface area contributed by atoms with Crippen LogP contribution in [0.25, 0.3) is 11.3 Å². The van der Waals surface area contributed by atoms with Gasteiger partial charge in [0.05, 0.1) is 5.69 Å². The first-order chi connectivity index (χ1) is 8.86. The van der Waals surface area contributed by atoms with Crippen molar-refractivity contribution in [1.82, 2.24) is 14.2 Å². The molecule has 0 amide bonds. The summed E-state index contributed by atoms with van der Waals surface area (Å²) < 4.78 is 4.44. The minimum atomic E-state index is 1.07. The second-order valence-corrected chi connectivity index (χ2v) is 5.53. The second kappa shape index (κ2) is 5.34. The molecule has 3 rings (SSSR count). The van der Waals surface area contributed by atoms with E-state index in [2.05, 4.69) is 44.7 Å². The first-order valence-electron chi connectivity index (χ1n) is 6.63. The van der Waals surface area contributed by atoms with E-state index in [1.807, 2.05) is 0 Å². The van der Waals surface area contributed by atoms with Gasteiger partial charge in [0.1, 0.15) is 0 Å². The van der Waals surface area contributed by atoms with Crippen LogP contribution >= 0.6 is 11.5 Å². The van der Waals surface area contributed by atoms with Crippen LogP contribution in [0.2, 0.25) is 0 Å². The zero-order chi connectivity index (χ0) is 12.4. The molecule has 0 aromatic carbocycles. The average Bonchev–Trinajstić information content (AvgIpc) is 2.83. The van der Waals surface area contributed by atoms with Crippen molar-refractivity contribution >= 4 is 11.5 Å². The molecule has 1 fully saturated rings. The zero-order valence-corrected chi connectivity index (χ0v) is 11.6. The molecule has 1 saturated heterocycles. The Morgan fingerprint density at radius 3 is 2.67 bits per heavy atom. The molecule has 2 heterocycles. The number of likely N-dealkylation sites (N-methyl/N-ethyl adjacent to an activating group) is 1. The van der Waals surface area contributed by atoms with Gasteiger partial charge < -0.3 is 4.90 Å². The van der Waals surface area contributed by atoms with Crippen molar-refractivity contribution in [2.24, 2.45) is 0 Å². The topological polar surface area (TPSA) is 19.4 Å². The average molecular weight is 261 g/mol. The maximum atomic E-state index is 4.44. The van der Waals surface area contributed by atoms with Crippen molar-refractivity contribution < 1.29 is 0 Å². The second-order valence-electron chi connectivity index (χ2n) is 4.87. The summed E-state index contributed by atoms with van der Waals surface area (Å²) in [6.07, 6.45) is 0. The van der Waals surface area contributed by atoms with Crippen molar-refractivity contribution in [3.8, 4) is 11.3 Å². The lowest BCUT2D eigenvalue weighted by molar-refractivity contribution is 0.132. The summed E-state index contributed by atoms with van der Waals surface area (Å²) >= 11 is 1.52. The summed E-state index contributed by atoms with van der Waals surface area (Å²) in [5.74, 6) is 0. The minimum absolute atomic E-state index is 1.07. The predicted octanol–water partition coefficient (Wildman–Crippen LogP) is 2.39. The zero-order valence-electron chi connectivity index (χ0n) is 10.8. The van der Waals surface area contributed by atoms with Crippen molar-refractivity contribution in [2.75, 3.05) is 32.7 Å². The molecule has 0 N–H and O–H groups in total. The van der Waals surface area contributed by atoms with Crippen LogP contribution in [-0.4, -0.2) is 46.9 Å². The molecule has 0 spiro atoms. The van der Waals surface area contributed by atoms with Crippen molar-refractivity contribution in [3.63, 3.8) is 0 Å². The molecule has 0 unspecified atom stereocenters. The smallest absolute Gasteiger partial charge is 0.0835 e. The molecule has 3 nitrogen and oxygen atoms in total. The fourth-order valence-electron chi connectivity index (χ4n) is 2.62. The van der Waals surface area contributed by atoms with Crippen LogP contribution in [-0.2, 0) is 6.54 Å². The van der Waals surface area contributed by atoms with E-state index in [-0.39, 0.29) is 0 Å². The Balaban J connectivity index is 1.67. The third kappa shape index (κ3) is 2.41. The molecule has 0 bridgehead atoms. The van der Waals surface area contributed by atoms with Crippen LogP contribution in [0.3, 0.4) is 0 Å². The van der Waals surface area contributed by atoms with Gasteiger partial charge >= 0.3 is 0 Å². The Hall–Kier alpha value is -0.970. The van der Waals surface area contributed by atoms with E-state index in [1.165, 1.54) is 55.4 Å². The molecular weight excluding hydrogens is 242 g/mol. The summed E-state index contributed by atoms with van der Waals surface area (Å²) in [5.41, 5.74) is 3.90. The molecule has 4 heteroatoms. The molecule has 1 aliphatic carbocycles. The molecule has 2 aliphatic heterocycles. The van der Waals surface area contributed by atoms with Gasteiger partial charge in [-0.15, -0.1) is 0 Å². The van der Waals surface area contributed by atoms with E-state index in [0.29, 0.717) is 0 Å². The first-order valence-corrected chi connectivity index (χ1v) is 7.47. The van der Waals surface area contributed by atoms with Gasteiger partial charge in [-0.3, -0.25) is 4.90 Å². The number of hydrogen-bond acceptors (Lipinski definition) is 4. The number of rotatable bonds is 3. The molecule has 0 aromatic rings. The normalized spacial score (nSPS) is 18.5. The summed E-state index contributed by atoms with van der Waals surface area (Å²) in [7, 11) is 0. The van der Waals surface area contributed by atoms with E-state index in [1.54, 1.807) is 0 Å². The van der Waals surface area contributed by atoms with E-state index in [4.69, 9.17) is 0 Å². The highest BCUT2D eigenvalue weighted by Gasteiger charge is 2.18. The predicted molar refractivity (Wildman–Crippen MR) is 76.1 cm³/mol. The van der Waals surface area contributed by atoms with E-state index < -0.39 is 0 Å². The highest BCUT2D eigenvalue weighted by Crippen LogP contribution is 2.27. The monoisotopic (exact) mass is 261 g/mol. The lowest BCUT2D eigenvalue weighted by Crippen LogP contribution is -2.45. The number of hydrogen-bond donors (Lipinski definition) is 0. The Morgan fingerprint density at radius 2 is 1.89 bits per heavy atom. The van der Waals surface area contributed by atoms with Gasteiger partial charge in [-0.05, 0) is 35.8 Å². The summed E-state index contributed by atoms with van der Waals surface area (Å²) in [6.45, 7) is 9.26. The molecule has 3 aliphatic rings. The number of nitrogens with zero attached hydrogens (tertiary/aromatic N) is 3. The summed E-state index contributed by atoms with van der Waals surface area (Å²) in [6, 6.07) is 6.57. The minimum Gasteiger partial charge on any atom is -0.301 e. The number of fused-ring (bicyclic) bond motifs is 1. The van der Waals surface area contributed by atoms with E-state index in [0.717, 1.165) is 12.2 Å². The van der Waals surface area contributed by atoms with Gasteiger partial charge in [0.2, 0.25) is 0 Å². The molecular formula is C14H19N3S. The van der Waals surface area contributed by atoms with Gasteiger partial charge in [-0.25, -0.2) is 0 Å². The lowest BCUT2D eigenvalue weighted by Gasteiger charge is -2.34. The summed E-state index contributed by atoms with van der Waals surface area (Å²) in [4.78, 5) is 5.07. The molecule has 0 radical (unpaired) electrons. The van der Waals surface area contributed by atoms with Crippen LogP contribution in [0.5, 0.6) is 0 Å². The van der Waals surface area contributed by atoms with Gasteiger partial charge in [0.15, 0.2) is 0 Å². The SMILES string of the molecule is CCN1CCN(Cc2ccc3nsccc2-3)CC1. The number of aromatic nitrogens is 1. The Labute approximate surface area is 113 Å². The van der Waals surface area contributed by atoms with Crippen molar-refractivity contribution in [2.45, 2.75) is 13.5 Å². The Kier molecular flexibility index (Phi) is 3.59. The van der Waals surface area contributed by atoms with E-state index in [9.17, 15) is 0 Å². The fraction of sp³-hybridized carbons (Fsp3) is 0.500. The molecule has 0 atom stereocenters. The standard InChI is InChI=1S/C14H19N3S/c1-2-16-6-8-17(9-7-16)11-12-3-4-14-13(12)5-10-18-15-14/h3-5,10H,2,6-9,11H2,1H3. The first kappa shape index (κ1) is 12.1. The third-order valence-electron chi connectivity index (χ3n) is 3.82. The highest BCUT2D eigenvalue weighted by atomic mass is 32.1. The highest BCUT2D eigenvalue weighted by molar-refractivity contribution is 7.03. The summed E-state index contributed by atoms with van der Waals surface area (Å²) in [5, 5.41) is 2.07. The molecule has 18 heavy (non-hydrogen) atoms. The Bertz CT molecular complexity index is 474. The molecule has 96 valence electrons. The maximum Gasteiger partial charge on any atom is 0.0835 e. The van der Waals surface area contributed by atoms with Crippen LogP contribution in [0.15, 0.2) is 23.6 Å². The molecule has 0 saturated carbocycles. The van der Waals surface area contributed by atoms with E-state index >= 15 is 0 Å². The fourth-order valence-corrected chi connectivity index (χ4v) is 3.15. The largest absolute Gasteiger partial charge is 0.301 e. The maximum absolute atomic E-state index is 4.44. The van der Waals surface area contributed by atoms with Gasteiger partial charge in [0.25, 0.3) is 0 Å². The van der Waals surface area contributed by atoms with Crippen LogP contribution in [0.1, 0.15) is 12.5 Å². The Morgan fingerprint density at radius 1 is 1.11 bits per heavy atom. The van der Waals surface area contributed by atoms with Crippen LogP contribution in [0, 0.1) is 0 Å². The quantitative estimate of drug-likeness (QED) is 0.845. The van der Waals surface area contributed by atoms with Crippen molar-refractivity contribution in [1.29, 1.82) is 0 Å². The van der Waals surface area contributed by atoms with Gasteiger partial charge in [-0.1, -0.05) is 13.0 Å². The van der Waals surface area contributed by atoms with Crippen molar-refractivity contribution in [3.05, 3.63) is 29.1 Å². The molecule has 0 aromatic heterocycles. The van der Waals surface area contributed by atoms with Gasteiger partial charge in [-0.2, -0.15) is 4.37 Å². The van der Waals surface area contributed by atoms with Gasteiger partial charge in [0, 0.05) is 43.7 Å². The third-order valence-corrected chi connectivity index (χ3v) is 4.38.